The van der Waals surface area contributed by atoms with Gasteiger partial charge in [0.05, 0.1) is 12.1 Å². The maximum atomic E-state index is 9.38. The zero-order valence-corrected chi connectivity index (χ0v) is 12.7. The van der Waals surface area contributed by atoms with Gasteiger partial charge in [-0.05, 0) is 25.3 Å². The average molecular weight is 292 g/mol. The minimum atomic E-state index is 0.109. The number of aliphatic hydroxyl groups is 1. The third kappa shape index (κ3) is 3.13. The van der Waals surface area contributed by atoms with Crippen molar-refractivity contribution in [3.05, 3.63) is 24.3 Å². The summed E-state index contributed by atoms with van der Waals surface area (Å²) in [6.07, 6.45) is 2.00. The third-order valence-corrected chi connectivity index (χ3v) is 4.39. The van der Waals surface area contributed by atoms with Gasteiger partial charge in [0.1, 0.15) is 5.82 Å². The molecule has 0 fully saturated rings. The van der Waals surface area contributed by atoms with Crippen LogP contribution in [0.3, 0.4) is 0 Å². The fourth-order valence-corrected chi connectivity index (χ4v) is 2.67. The smallest absolute Gasteiger partial charge is 0.224 e. The molecule has 2 unspecified atom stereocenters. The minimum absolute atomic E-state index is 0.109. The standard InChI is InChI=1S/C14H20N4OS/c1-9(12(8-19)20-3)16-13-10-6-4-5-7-11(10)17-14(15-2)18-13/h4-7,9,12,19H,8H2,1-3H3,(H2,15,16,17,18). The summed E-state index contributed by atoms with van der Waals surface area (Å²) >= 11 is 1.64. The average Bonchev–Trinajstić information content (AvgIpc) is 2.48. The number of para-hydroxylation sites is 1. The van der Waals surface area contributed by atoms with E-state index in [1.165, 1.54) is 0 Å². The number of thioether (sulfide) groups is 1. The Morgan fingerprint density at radius 2 is 2.05 bits per heavy atom. The molecule has 6 heteroatoms. The van der Waals surface area contributed by atoms with Crippen LogP contribution in [0.5, 0.6) is 0 Å². The van der Waals surface area contributed by atoms with Gasteiger partial charge in [0.25, 0.3) is 0 Å². The third-order valence-electron chi connectivity index (χ3n) is 3.23. The normalized spacial score (nSPS) is 14.0. The lowest BCUT2D eigenvalue weighted by atomic mass is 10.2. The highest BCUT2D eigenvalue weighted by atomic mass is 32.2. The van der Waals surface area contributed by atoms with Crippen LogP contribution in [0.2, 0.25) is 0 Å². The van der Waals surface area contributed by atoms with Gasteiger partial charge in [0.15, 0.2) is 0 Å². The quantitative estimate of drug-likeness (QED) is 0.758. The molecule has 0 aliphatic rings. The Kier molecular flexibility index (Phi) is 5.03. The number of anilines is 2. The monoisotopic (exact) mass is 292 g/mol. The second-order valence-corrected chi connectivity index (χ2v) is 5.63. The van der Waals surface area contributed by atoms with Gasteiger partial charge in [0, 0.05) is 23.7 Å². The van der Waals surface area contributed by atoms with Crippen LogP contribution < -0.4 is 10.6 Å². The van der Waals surface area contributed by atoms with Gasteiger partial charge < -0.3 is 15.7 Å². The molecule has 0 aliphatic carbocycles. The van der Waals surface area contributed by atoms with Crippen LogP contribution in [0.1, 0.15) is 6.92 Å². The molecule has 0 saturated heterocycles. The molecule has 2 aromatic rings. The van der Waals surface area contributed by atoms with E-state index in [0.717, 1.165) is 16.7 Å². The summed E-state index contributed by atoms with van der Waals surface area (Å²) in [6.45, 7) is 2.19. The second kappa shape index (κ2) is 6.76. The molecule has 108 valence electrons. The van der Waals surface area contributed by atoms with Crippen LogP contribution in [0.15, 0.2) is 24.3 Å². The number of nitrogens with zero attached hydrogens (tertiary/aromatic N) is 2. The van der Waals surface area contributed by atoms with Crippen LogP contribution in [-0.2, 0) is 0 Å². The molecule has 1 aromatic heterocycles. The van der Waals surface area contributed by atoms with E-state index in [1.54, 1.807) is 18.8 Å². The predicted molar refractivity (Wildman–Crippen MR) is 86.6 cm³/mol. The van der Waals surface area contributed by atoms with Gasteiger partial charge in [-0.3, -0.25) is 0 Å². The molecule has 0 spiro atoms. The summed E-state index contributed by atoms with van der Waals surface area (Å²) in [7, 11) is 1.80. The molecule has 0 saturated carbocycles. The molecule has 0 bridgehead atoms. The van der Waals surface area contributed by atoms with E-state index in [1.807, 2.05) is 37.4 Å². The van der Waals surface area contributed by atoms with Crippen molar-refractivity contribution in [2.75, 3.05) is 30.5 Å². The summed E-state index contributed by atoms with van der Waals surface area (Å²) in [5.41, 5.74) is 0.895. The molecule has 0 aliphatic heterocycles. The Morgan fingerprint density at radius 3 is 2.70 bits per heavy atom. The number of aliphatic hydroxyl groups excluding tert-OH is 1. The highest BCUT2D eigenvalue weighted by Gasteiger charge is 2.17. The van der Waals surface area contributed by atoms with E-state index < -0.39 is 0 Å². The van der Waals surface area contributed by atoms with Crippen molar-refractivity contribution in [1.82, 2.24) is 9.97 Å². The summed E-state index contributed by atoms with van der Waals surface area (Å²) in [5.74, 6) is 1.38. The number of nitrogens with one attached hydrogen (secondary N) is 2. The Bertz CT molecular complexity index is 574. The largest absolute Gasteiger partial charge is 0.395 e. The molecule has 0 radical (unpaired) electrons. The van der Waals surface area contributed by atoms with E-state index in [9.17, 15) is 5.11 Å². The molecular weight excluding hydrogens is 272 g/mol. The van der Waals surface area contributed by atoms with Gasteiger partial charge in [0.2, 0.25) is 5.95 Å². The Hall–Kier alpha value is -1.53. The molecule has 2 rings (SSSR count). The summed E-state index contributed by atoms with van der Waals surface area (Å²) in [6, 6.07) is 8.00. The van der Waals surface area contributed by atoms with Crippen LogP contribution >= 0.6 is 11.8 Å². The first-order chi connectivity index (χ1) is 9.69. The lowest BCUT2D eigenvalue weighted by Crippen LogP contribution is -2.31. The number of benzene rings is 1. The van der Waals surface area contributed by atoms with Crippen molar-refractivity contribution in [2.24, 2.45) is 0 Å². The molecule has 2 atom stereocenters. The zero-order chi connectivity index (χ0) is 14.5. The van der Waals surface area contributed by atoms with Gasteiger partial charge in [-0.2, -0.15) is 16.7 Å². The van der Waals surface area contributed by atoms with Gasteiger partial charge in [-0.15, -0.1) is 0 Å². The van der Waals surface area contributed by atoms with Gasteiger partial charge in [-0.1, -0.05) is 12.1 Å². The highest BCUT2D eigenvalue weighted by Crippen LogP contribution is 2.24. The molecule has 20 heavy (non-hydrogen) atoms. The first kappa shape index (κ1) is 14.9. The SMILES string of the molecule is CNc1nc(NC(C)C(CO)SC)c2ccccc2n1. The fraction of sp³-hybridized carbons (Fsp3) is 0.429. The van der Waals surface area contributed by atoms with E-state index in [4.69, 9.17) is 0 Å². The summed E-state index contributed by atoms with van der Waals surface area (Å²) < 4.78 is 0. The summed E-state index contributed by atoms with van der Waals surface area (Å²) in [4.78, 5) is 8.92. The number of fused-ring (bicyclic) bond motifs is 1. The van der Waals surface area contributed by atoms with Crippen molar-refractivity contribution < 1.29 is 5.11 Å². The maximum absolute atomic E-state index is 9.38. The van der Waals surface area contributed by atoms with Crippen molar-refractivity contribution in [2.45, 2.75) is 18.2 Å². The highest BCUT2D eigenvalue weighted by molar-refractivity contribution is 7.99. The lowest BCUT2D eigenvalue weighted by molar-refractivity contribution is 0.288. The Morgan fingerprint density at radius 1 is 1.30 bits per heavy atom. The lowest BCUT2D eigenvalue weighted by Gasteiger charge is -2.22. The van der Waals surface area contributed by atoms with Crippen LogP contribution in [0, 0.1) is 0 Å². The topological polar surface area (TPSA) is 70.1 Å². The fourth-order valence-electron chi connectivity index (χ4n) is 2.04. The van der Waals surface area contributed by atoms with Gasteiger partial charge in [-0.25, -0.2) is 4.98 Å². The van der Waals surface area contributed by atoms with Crippen molar-refractivity contribution in [3.8, 4) is 0 Å². The Balaban J connectivity index is 2.37. The molecule has 1 heterocycles. The predicted octanol–water partition coefficient (Wildman–Crippen LogP) is 2.20. The molecular formula is C14H20N4OS. The number of hydrogen-bond donors (Lipinski definition) is 3. The molecule has 1 aromatic carbocycles. The van der Waals surface area contributed by atoms with E-state index in [0.29, 0.717) is 5.95 Å². The summed E-state index contributed by atoms with van der Waals surface area (Å²) in [5, 5.41) is 16.9. The van der Waals surface area contributed by atoms with E-state index >= 15 is 0 Å². The first-order valence-electron chi connectivity index (χ1n) is 6.54. The van der Waals surface area contributed by atoms with Crippen LogP contribution in [0.4, 0.5) is 11.8 Å². The first-order valence-corrected chi connectivity index (χ1v) is 7.83. The van der Waals surface area contributed by atoms with Gasteiger partial charge >= 0.3 is 0 Å². The van der Waals surface area contributed by atoms with E-state index in [2.05, 4.69) is 20.6 Å². The molecule has 0 amide bonds. The van der Waals surface area contributed by atoms with Crippen molar-refractivity contribution >= 4 is 34.4 Å². The number of rotatable bonds is 6. The second-order valence-electron chi connectivity index (χ2n) is 4.55. The van der Waals surface area contributed by atoms with Crippen molar-refractivity contribution in [1.29, 1.82) is 0 Å². The van der Waals surface area contributed by atoms with Crippen molar-refractivity contribution in [3.63, 3.8) is 0 Å². The number of aromatic nitrogens is 2. The molecule has 3 N–H and O–H groups in total. The zero-order valence-electron chi connectivity index (χ0n) is 11.9. The van der Waals surface area contributed by atoms with Crippen LogP contribution in [-0.4, -0.2) is 46.3 Å². The maximum Gasteiger partial charge on any atom is 0.224 e. The minimum Gasteiger partial charge on any atom is -0.395 e. The van der Waals surface area contributed by atoms with E-state index in [-0.39, 0.29) is 17.9 Å². The number of hydrogen-bond acceptors (Lipinski definition) is 6. The Labute approximate surface area is 123 Å². The van der Waals surface area contributed by atoms with Crippen LogP contribution in [0.25, 0.3) is 10.9 Å². The molecule has 5 nitrogen and oxygen atoms in total.